The van der Waals surface area contributed by atoms with E-state index in [0.717, 1.165) is 29.0 Å². The van der Waals surface area contributed by atoms with Gasteiger partial charge in [0, 0.05) is 12.4 Å². The summed E-state index contributed by atoms with van der Waals surface area (Å²) in [5.41, 5.74) is 2.36. The van der Waals surface area contributed by atoms with Crippen LogP contribution in [-0.4, -0.2) is 15.7 Å². The van der Waals surface area contributed by atoms with Gasteiger partial charge in [-0.1, -0.05) is 13.3 Å². The van der Waals surface area contributed by atoms with Gasteiger partial charge in [-0.25, -0.2) is 0 Å². The lowest BCUT2D eigenvalue weighted by Crippen LogP contribution is -2.11. The van der Waals surface area contributed by atoms with Crippen molar-refractivity contribution in [2.45, 2.75) is 46.6 Å². The zero-order valence-corrected chi connectivity index (χ0v) is 12.6. The third-order valence-corrected chi connectivity index (χ3v) is 4.32. The van der Waals surface area contributed by atoms with Crippen molar-refractivity contribution in [3.63, 3.8) is 0 Å². The minimum Gasteiger partial charge on any atom is -0.268 e. The van der Waals surface area contributed by atoms with Crippen molar-refractivity contribution in [3.8, 4) is 0 Å². The fourth-order valence-electron chi connectivity index (χ4n) is 1.98. The van der Waals surface area contributed by atoms with E-state index in [-0.39, 0.29) is 0 Å². The van der Waals surface area contributed by atoms with Crippen molar-refractivity contribution in [2.24, 2.45) is 5.92 Å². The van der Waals surface area contributed by atoms with Crippen molar-refractivity contribution >= 4 is 27.5 Å². The molecule has 1 aromatic heterocycles. The van der Waals surface area contributed by atoms with Gasteiger partial charge < -0.3 is 0 Å². The summed E-state index contributed by atoms with van der Waals surface area (Å²) in [5.74, 6) is 1.29. The largest absolute Gasteiger partial charge is 0.268 e. The Morgan fingerprint density at radius 1 is 1.44 bits per heavy atom. The second-order valence-electron chi connectivity index (χ2n) is 4.17. The van der Waals surface area contributed by atoms with Crippen molar-refractivity contribution < 1.29 is 0 Å². The molecule has 4 heteroatoms. The Kier molecular flexibility index (Phi) is 5.84. The molecule has 0 N–H and O–H groups in total. The van der Waals surface area contributed by atoms with Gasteiger partial charge in [-0.05, 0) is 48.5 Å². The number of halogens is 2. The molecule has 0 radical (unpaired) electrons. The predicted molar refractivity (Wildman–Crippen MR) is 73.2 cm³/mol. The number of rotatable bonds is 6. The third kappa shape index (κ3) is 3.24. The van der Waals surface area contributed by atoms with Crippen LogP contribution in [0.15, 0.2) is 4.47 Å². The lowest BCUT2D eigenvalue weighted by molar-refractivity contribution is 0.496. The van der Waals surface area contributed by atoms with Gasteiger partial charge >= 0.3 is 0 Å². The molecule has 0 saturated carbocycles. The molecule has 1 unspecified atom stereocenters. The van der Waals surface area contributed by atoms with E-state index in [9.17, 15) is 0 Å². The van der Waals surface area contributed by atoms with E-state index >= 15 is 0 Å². The SMILES string of the molecule is CCCC(CCl)Cc1c(Br)c(C)nn1CC. The molecule has 1 atom stereocenters. The smallest absolute Gasteiger partial charge is 0.0738 e. The highest BCUT2D eigenvalue weighted by atomic mass is 79.9. The Bertz CT molecular complexity index is 336. The van der Waals surface area contributed by atoms with Crippen LogP contribution in [-0.2, 0) is 13.0 Å². The average molecular weight is 308 g/mol. The predicted octanol–water partition coefficient (Wildman–Crippen LogP) is 4.17. The monoisotopic (exact) mass is 306 g/mol. The highest BCUT2D eigenvalue weighted by molar-refractivity contribution is 9.10. The highest BCUT2D eigenvalue weighted by Gasteiger charge is 2.16. The Morgan fingerprint density at radius 2 is 2.12 bits per heavy atom. The number of hydrogen-bond acceptors (Lipinski definition) is 1. The van der Waals surface area contributed by atoms with Gasteiger partial charge in [0.2, 0.25) is 0 Å². The standard InChI is InChI=1S/C12H20BrClN2/c1-4-6-10(8-14)7-11-12(13)9(3)15-16(11)5-2/h10H,4-8H2,1-3H3. The maximum Gasteiger partial charge on any atom is 0.0738 e. The van der Waals surface area contributed by atoms with Gasteiger partial charge in [-0.3, -0.25) is 4.68 Å². The summed E-state index contributed by atoms with van der Waals surface area (Å²) in [6.07, 6.45) is 3.39. The molecule has 0 aliphatic heterocycles. The van der Waals surface area contributed by atoms with Crippen molar-refractivity contribution in [1.82, 2.24) is 9.78 Å². The maximum atomic E-state index is 6.01. The fourth-order valence-corrected chi connectivity index (χ4v) is 2.69. The molecule has 1 heterocycles. The molecule has 16 heavy (non-hydrogen) atoms. The Morgan fingerprint density at radius 3 is 2.62 bits per heavy atom. The van der Waals surface area contributed by atoms with E-state index in [2.05, 4.69) is 39.6 Å². The molecule has 0 saturated heterocycles. The fraction of sp³-hybridized carbons (Fsp3) is 0.750. The quantitative estimate of drug-likeness (QED) is 0.721. The molecule has 1 aromatic rings. The second kappa shape index (κ2) is 6.65. The normalized spacial score (nSPS) is 13.1. The maximum absolute atomic E-state index is 6.01. The van der Waals surface area contributed by atoms with E-state index in [0.29, 0.717) is 5.92 Å². The lowest BCUT2D eigenvalue weighted by atomic mass is 10.00. The lowest BCUT2D eigenvalue weighted by Gasteiger charge is -2.14. The van der Waals surface area contributed by atoms with Gasteiger partial charge in [0.25, 0.3) is 0 Å². The van der Waals surface area contributed by atoms with Gasteiger partial charge in [0.15, 0.2) is 0 Å². The van der Waals surface area contributed by atoms with Crippen LogP contribution < -0.4 is 0 Å². The number of aromatic nitrogens is 2. The van der Waals surface area contributed by atoms with Gasteiger partial charge in [0.1, 0.15) is 0 Å². The van der Waals surface area contributed by atoms with Crippen LogP contribution in [0.2, 0.25) is 0 Å². The van der Waals surface area contributed by atoms with E-state index in [4.69, 9.17) is 11.6 Å². The zero-order valence-electron chi connectivity index (χ0n) is 10.3. The molecular formula is C12H20BrClN2. The second-order valence-corrected chi connectivity index (χ2v) is 5.28. The molecule has 0 spiro atoms. The van der Waals surface area contributed by atoms with Gasteiger partial charge in [0.05, 0.1) is 15.9 Å². The van der Waals surface area contributed by atoms with Gasteiger partial charge in [-0.2, -0.15) is 5.10 Å². The van der Waals surface area contributed by atoms with E-state index < -0.39 is 0 Å². The number of nitrogens with zero attached hydrogens (tertiary/aromatic N) is 2. The van der Waals surface area contributed by atoms with Crippen molar-refractivity contribution in [3.05, 3.63) is 15.9 Å². The summed E-state index contributed by atoms with van der Waals surface area (Å²) in [6, 6.07) is 0. The van der Waals surface area contributed by atoms with E-state index in [1.165, 1.54) is 18.5 Å². The first-order chi connectivity index (χ1) is 7.63. The summed E-state index contributed by atoms with van der Waals surface area (Å²) in [4.78, 5) is 0. The first-order valence-corrected chi connectivity index (χ1v) is 7.24. The van der Waals surface area contributed by atoms with E-state index in [1.807, 2.05) is 6.92 Å². The zero-order chi connectivity index (χ0) is 12.1. The minimum atomic E-state index is 0.560. The summed E-state index contributed by atoms with van der Waals surface area (Å²) in [7, 11) is 0. The molecule has 0 aliphatic rings. The third-order valence-electron chi connectivity index (χ3n) is 2.85. The molecule has 2 nitrogen and oxygen atoms in total. The summed E-state index contributed by atoms with van der Waals surface area (Å²) >= 11 is 9.63. The highest BCUT2D eigenvalue weighted by Crippen LogP contribution is 2.25. The first-order valence-electron chi connectivity index (χ1n) is 5.91. The summed E-state index contributed by atoms with van der Waals surface area (Å²) in [6.45, 7) is 7.28. The molecule has 0 aromatic carbocycles. The van der Waals surface area contributed by atoms with Crippen molar-refractivity contribution in [2.75, 3.05) is 5.88 Å². The van der Waals surface area contributed by atoms with E-state index in [1.54, 1.807) is 0 Å². The van der Waals surface area contributed by atoms with Crippen LogP contribution >= 0.6 is 27.5 Å². The Labute approximate surface area is 111 Å². The topological polar surface area (TPSA) is 17.8 Å². The molecule has 0 amide bonds. The molecular weight excluding hydrogens is 288 g/mol. The summed E-state index contributed by atoms with van der Waals surface area (Å²) in [5, 5.41) is 4.50. The number of hydrogen-bond donors (Lipinski definition) is 0. The number of alkyl halides is 1. The molecule has 92 valence electrons. The van der Waals surface area contributed by atoms with Gasteiger partial charge in [-0.15, -0.1) is 11.6 Å². The molecule has 0 aliphatic carbocycles. The average Bonchev–Trinajstić information content (AvgIpc) is 2.55. The van der Waals surface area contributed by atoms with Crippen LogP contribution in [0.25, 0.3) is 0 Å². The Balaban J connectivity index is 2.85. The van der Waals surface area contributed by atoms with Crippen LogP contribution in [0.3, 0.4) is 0 Å². The van der Waals surface area contributed by atoms with Crippen molar-refractivity contribution in [1.29, 1.82) is 0 Å². The van der Waals surface area contributed by atoms with Crippen LogP contribution in [0.1, 0.15) is 38.1 Å². The molecule has 1 rings (SSSR count). The van der Waals surface area contributed by atoms with Crippen LogP contribution in [0.4, 0.5) is 0 Å². The van der Waals surface area contributed by atoms with Crippen LogP contribution in [0, 0.1) is 12.8 Å². The first kappa shape index (κ1) is 14.0. The Hall–Kier alpha value is -0.0200. The minimum absolute atomic E-state index is 0.560. The number of aryl methyl sites for hydroxylation is 2. The summed E-state index contributed by atoms with van der Waals surface area (Å²) < 4.78 is 3.23. The van der Waals surface area contributed by atoms with Crippen LogP contribution in [0.5, 0.6) is 0 Å². The molecule has 0 fully saturated rings. The molecule has 0 bridgehead atoms.